The third-order valence-corrected chi connectivity index (χ3v) is 7.73. The molecule has 3 N–H and O–H groups in total. The van der Waals surface area contributed by atoms with Crippen LogP contribution in [-0.2, 0) is 11.3 Å². The number of hydrogen-bond acceptors (Lipinski definition) is 6. The molecule has 4 rings (SSSR count). The zero-order valence-corrected chi connectivity index (χ0v) is 23.2. The molecule has 2 aromatic carbocycles. The van der Waals surface area contributed by atoms with Gasteiger partial charge in [-0.3, -0.25) is 14.5 Å². The Hall–Kier alpha value is -2.65. The van der Waals surface area contributed by atoms with E-state index in [0.717, 1.165) is 31.5 Å². The van der Waals surface area contributed by atoms with E-state index in [0.29, 0.717) is 41.7 Å². The fraction of sp³-hybridized carbons (Fsp3) is 0.517. The topological polar surface area (TPSA) is 94.1 Å². The molecule has 0 spiro atoms. The molecule has 2 amide bonds. The van der Waals surface area contributed by atoms with E-state index in [1.54, 1.807) is 23.1 Å². The maximum atomic E-state index is 13.7. The Balaban J connectivity index is 1.63. The molecular formula is C29H39ClN4O4. The van der Waals surface area contributed by atoms with E-state index in [4.69, 9.17) is 16.3 Å². The molecule has 38 heavy (non-hydrogen) atoms. The number of ether oxygens (including phenoxy) is 1. The number of aliphatic hydroxyl groups is 1. The maximum Gasteiger partial charge on any atom is 0.258 e. The quantitative estimate of drug-likeness (QED) is 0.471. The largest absolute Gasteiger partial charge is 0.486 e. The van der Waals surface area contributed by atoms with E-state index in [-0.39, 0.29) is 42.4 Å². The second kappa shape index (κ2) is 12.9. The first-order chi connectivity index (χ1) is 18.3. The van der Waals surface area contributed by atoms with Crippen LogP contribution in [0.5, 0.6) is 5.75 Å². The van der Waals surface area contributed by atoms with Crippen LogP contribution in [0.4, 0.5) is 5.69 Å². The summed E-state index contributed by atoms with van der Waals surface area (Å²) in [6.07, 6.45) is 1.28. The maximum absolute atomic E-state index is 13.7. The van der Waals surface area contributed by atoms with Gasteiger partial charge in [-0.1, -0.05) is 36.7 Å². The Bertz CT molecular complexity index is 1120. The summed E-state index contributed by atoms with van der Waals surface area (Å²) in [4.78, 5) is 30.7. The van der Waals surface area contributed by atoms with Crippen molar-refractivity contribution in [1.82, 2.24) is 15.1 Å². The first kappa shape index (κ1) is 28.4. The van der Waals surface area contributed by atoms with Crippen molar-refractivity contribution >= 4 is 29.1 Å². The lowest BCUT2D eigenvalue weighted by atomic mass is 9.96. The molecule has 206 valence electrons. The Morgan fingerprint density at radius 2 is 2.00 bits per heavy atom. The molecule has 1 fully saturated rings. The number of piperidine rings is 1. The minimum atomic E-state index is -0.353. The number of carbonyl (C=O) groups excluding carboxylic acids is 2. The second-order valence-corrected chi connectivity index (χ2v) is 11.1. The SMILES string of the molecule is C[C@@H]1CN([C@@H](C)CO)C(=O)c2cccc(NC(=O)C3CCNCC3)c2O[C@H]1CN(C)Cc1cccc(Cl)c1. The highest BCUT2D eigenvalue weighted by atomic mass is 35.5. The summed E-state index contributed by atoms with van der Waals surface area (Å²) in [5, 5.41) is 17.0. The molecule has 2 heterocycles. The molecule has 0 radical (unpaired) electrons. The van der Waals surface area contributed by atoms with Gasteiger partial charge in [0.1, 0.15) is 6.10 Å². The minimum absolute atomic E-state index is 0.0314. The number of rotatable bonds is 8. The number of aliphatic hydroxyl groups excluding tert-OH is 1. The van der Waals surface area contributed by atoms with E-state index in [2.05, 4.69) is 22.5 Å². The third-order valence-electron chi connectivity index (χ3n) is 7.49. The van der Waals surface area contributed by atoms with E-state index in [1.807, 2.05) is 38.2 Å². The van der Waals surface area contributed by atoms with Crippen molar-refractivity contribution in [2.24, 2.45) is 11.8 Å². The number of anilines is 1. The van der Waals surface area contributed by atoms with Gasteiger partial charge in [0, 0.05) is 36.5 Å². The molecule has 0 bridgehead atoms. The van der Waals surface area contributed by atoms with Gasteiger partial charge in [-0.25, -0.2) is 0 Å². The first-order valence-corrected chi connectivity index (χ1v) is 13.8. The molecule has 0 saturated carbocycles. The summed E-state index contributed by atoms with van der Waals surface area (Å²) in [6.45, 7) is 7.11. The van der Waals surface area contributed by atoms with Crippen LogP contribution in [0.15, 0.2) is 42.5 Å². The molecule has 2 aromatic rings. The number of likely N-dealkylation sites (N-methyl/N-ethyl adjacent to an activating group) is 1. The highest BCUT2D eigenvalue weighted by Crippen LogP contribution is 2.35. The van der Waals surface area contributed by atoms with Crippen LogP contribution in [0.3, 0.4) is 0 Å². The minimum Gasteiger partial charge on any atom is -0.486 e. The highest BCUT2D eigenvalue weighted by Gasteiger charge is 2.35. The second-order valence-electron chi connectivity index (χ2n) is 10.6. The standard InChI is InChI=1S/C29H39ClN4O4/c1-19-15-34(20(2)18-35)29(37)24-8-5-9-25(32-28(36)22-10-12-31-13-11-22)27(24)38-26(19)17-33(3)16-21-6-4-7-23(30)14-21/h4-9,14,19-20,22,26,31,35H,10-13,15-18H2,1-3H3,(H,32,36)/t19-,20+,26+/m1/s1. The summed E-state index contributed by atoms with van der Waals surface area (Å²) in [6, 6.07) is 12.7. The van der Waals surface area contributed by atoms with Crippen molar-refractivity contribution in [3.63, 3.8) is 0 Å². The Morgan fingerprint density at radius 1 is 1.26 bits per heavy atom. The molecule has 9 heteroatoms. The van der Waals surface area contributed by atoms with Crippen LogP contribution >= 0.6 is 11.6 Å². The number of para-hydroxylation sites is 1. The van der Waals surface area contributed by atoms with Gasteiger partial charge in [-0.05, 0) is 69.7 Å². The number of amides is 2. The van der Waals surface area contributed by atoms with E-state index in [9.17, 15) is 14.7 Å². The van der Waals surface area contributed by atoms with Crippen LogP contribution in [0.1, 0.15) is 42.6 Å². The van der Waals surface area contributed by atoms with Crippen LogP contribution in [-0.4, -0.2) is 78.7 Å². The molecular weight excluding hydrogens is 504 g/mol. The zero-order chi connectivity index (χ0) is 27.2. The average molecular weight is 543 g/mol. The summed E-state index contributed by atoms with van der Waals surface area (Å²) in [7, 11) is 2.03. The number of nitrogens with one attached hydrogen (secondary N) is 2. The number of nitrogens with zero attached hydrogens (tertiary/aromatic N) is 2. The van der Waals surface area contributed by atoms with Crippen LogP contribution in [0.25, 0.3) is 0 Å². The van der Waals surface area contributed by atoms with Crippen molar-refractivity contribution in [3.8, 4) is 5.75 Å². The average Bonchev–Trinajstić information content (AvgIpc) is 2.91. The molecule has 8 nitrogen and oxygen atoms in total. The van der Waals surface area contributed by atoms with Gasteiger partial charge in [0.2, 0.25) is 5.91 Å². The molecule has 0 aromatic heterocycles. The summed E-state index contributed by atoms with van der Waals surface area (Å²) >= 11 is 6.19. The van der Waals surface area contributed by atoms with Gasteiger partial charge in [0.15, 0.2) is 5.75 Å². The highest BCUT2D eigenvalue weighted by molar-refractivity contribution is 6.30. The fourth-order valence-electron chi connectivity index (χ4n) is 5.20. The zero-order valence-electron chi connectivity index (χ0n) is 22.5. The number of halogens is 1. The lowest BCUT2D eigenvalue weighted by Crippen LogP contribution is -2.49. The van der Waals surface area contributed by atoms with Crippen molar-refractivity contribution in [3.05, 3.63) is 58.6 Å². The molecule has 0 aliphatic carbocycles. The van der Waals surface area contributed by atoms with E-state index >= 15 is 0 Å². The van der Waals surface area contributed by atoms with Crippen LogP contribution in [0.2, 0.25) is 5.02 Å². The van der Waals surface area contributed by atoms with Crippen LogP contribution in [0, 0.1) is 11.8 Å². The third kappa shape index (κ3) is 6.86. The number of fused-ring (bicyclic) bond motifs is 1. The first-order valence-electron chi connectivity index (χ1n) is 13.4. The van der Waals surface area contributed by atoms with Crippen LogP contribution < -0.4 is 15.4 Å². The van der Waals surface area contributed by atoms with Gasteiger partial charge in [-0.2, -0.15) is 0 Å². The number of hydrogen-bond donors (Lipinski definition) is 3. The monoisotopic (exact) mass is 542 g/mol. The van der Waals surface area contributed by atoms with Crippen molar-refractivity contribution < 1.29 is 19.4 Å². The van der Waals surface area contributed by atoms with Gasteiger partial charge < -0.3 is 25.4 Å². The summed E-state index contributed by atoms with van der Waals surface area (Å²) in [5.74, 6) is 0.0119. The normalized spacial score (nSPS) is 21.3. The summed E-state index contributed by atoms with van der Waals surface area (Å²) in [5.41, 5.74) is 2.00. The van der Waals surface area contributed by atoms with Gasteiger partial charge in [0.05, 0.1) is 23.9 Å². The smallest absolute Gasteiger partial charge is 0.258 e. The number of carbonyl (C=O) groups is 2. The predicted octanol–water partition coefficient (Wildman–Crippen LogP) is 3.63. The number of benzene rings is 2. The predicted molar refractivity (Wildman–Crippen MR) is 150 cm³/mol. The van der Waals surface area contributed by atoms with Gasteiger partial charge in [0.25, 0.3) is 5.91 Å². The van der Waals surface area contributed by atoms with Crippen molar-refractivity contribution in [1.29, 1.82) is 0 Å². The lowest BCUT2D eigenvalue weighted by molar-refractivity contribution is -0.120. The van der Waals surface area contributed by atoms with Crippen molar-refractivity contribution in [2.45, 2.75) is 45.4 Å². The molecule has 1 saturated heterocycles. The molecule has 3 atom stereocenters. The molecule has 0 unspecified atom stereocenters. The van der Waals surface area contributed by atoms with Gasteiger partial charge in [-0.15, -0.1) is 0 Å². The lowest BCUT2D eigenvalue weighted by Gasteiger charge is -2.38. The van der Waals surface area contributed by atoms with E-state index < -0.39 is 0 Å². The Kier molecular flexibility index (Phi) is 9.65. The molecule has 2 aliphatic heterocycles. The molecule has 2 aliphatic rings. The van der Waals surface area contributed by atoms with E-state index in [1.165, 1.54) is 0 Å². The van der Waals surface area contributed by atoms with Gasteiger partial charge >= 0.3 is 0 Å². The Labute approximate surface area is 230 Å². The summed E-state index contributed by atoms with van der Waals surface area (Å²) < 4.78 is 6.63. The fourth-order valence-corrected chi connectivity index (χ4v) is 5.41. The Morgan fingerprint density at radius 3 is 2.71 bits per heavy atom. The van der Waals surface area contributed by atoms with Crippen molar-refractivity contribution in [2.75, 3.05) is 45.2 Å².